The van der Waals surface area contributed by atoms with Crippen LogP contribution in [0.2, 0.25) is 0 Å². The van der Waals surface area contributed by atoms with Crippen LogP contribution in [-0.4, -0.2) is 27.2 Å². The van der Waals surface area contributed by atoms with Gasteiger partial charge in [-0.3, -0.25) is 4.79 Å². The van der Waals surface area contributed by atoms with Crippen molar-refractivity contribution in [2.45, 2.75) is 0 Å². The Labute approximate surface area is 132 Å². The van der Waals surface area contributed by atoms with Crippen LogP contribution in [0.1, 0.15) is 5.56 Å². The van der Waals surface area contributed by atoms with E-state index in [2.05, 4.69) is 17.2 Å². The Balaban J connectivity index is 1.76. The lowest BCUT2D eigenvalue weighted by atomic mass is 10.0. The van der Waals surface area contributed by atoms with Gasteiger partial charge in [-0.05, 0) is 16.7 Å². The zero-order valence-electron chi connectivity index (χ0n) is 11.1. The van der Waals surface area contributed by atoms with Gasteiger partial charge < -0.3 is 0 Å². The highest BCUT2D eigenvalue weighted by atomic mass is 32.2. The molecule has 0 unspecified atom stereocenters. The van der Waals surface area contributed by atoms with Gasteiger partial charge in [0, 0.05) is 0 Å². The molecule has 2 aromatic rings. The number of nitrogens with zero attached hydrogens (tertiary/aromatic N) is 2. The number of carbonyl (C=O) groups excluding carboxylic acids is 1. The van der Waals surface area contributed by atoms with E-state index in [1.807, 2.05) is 42.5 Å². The van der Waals surface area contributed by atoms with E-state index in [0.29, 0.717) is 10.1 Å². The van der Waals surface area contributed by atoms with Gasteiger partial charge in [-0.1, -0.05) is 78.6 Å². The molecule has 104 valence electrons. The summed E-state index contributed by atoms with van der Waals surface area (Å²) in [5.41, 5.74) is 3.26. The summed E-state index contributed by atoms with van der Waals surface area (Å²) in [6, 6.07) is 18.2. The highest BCUT2D eigenvalue weighted by Gasteiger charge is 2.25. The first kappa shape index (κ1) is 14.0. The maximum absolute atomic E-state index is 11.5. The molecule has 1 fully saturated rings. The molecule has 0 atom stereocenters. The maximum atomic E-state index is 11.5. The molecule has 1 aliphatic rings. The van der Waals surface area contributed by atoms with E-state index in [1.54, 1.807) is 6.21 Å². The zero-order valence-corrected chi connectivity index (χ0v) is 12.7. The highest BCUT2D eigenvalue weighted by Crippen LogP contribution is 2.20. The van der Waals surface area contributed by atoms with Gasteiger partial charge in [-0.2, -0.15) is 10.1 Å². The number of thiocarbonyl (C=S) groups is 1. The first-order valence-electron chi connectivity index (χ1n) is 6.43. The molecular weight excluding hydrogens is 300 g/mol. The molecule has 21 heavy (non-hydrogen) atoms. The van der Waals surface area contributed by atoms with Crippen molar-refractivity contribution >= 4 is 40.4 Å². The molecule has 1 amide bonds. The monoisotopic (exact) mass is 312 g/mol. The Morgan fingerprint density at radius 3 is 2.33 bits per heavy atom. The lowest BCUT2D eigenvalue weighted by Gasteiger charge is -2.06. The molecule has 1 aliphatic heterocycles. The molecule has 3 rings (SSSR count). The first-order valence-corrected chi connectivity index (χ1v) is 7.82. The van der Waals surface area contributed by atoms with Gasteiger partial charge in [0.25, 0.3) is 5.91 Å². The molecule has 0 N–H and O–H groups in total. The van der Waals surface area contributed by atoms with E-state index < -0.39 is 0 Å². The summed E-state index contributed by atoms with van der Waals surface area (Å²) in [5, 5.41) is 5.44. The number of carbonyl (C=O) groups is 1. The standard InChI is InChI=1S/C16H12N2OS2/c19-15-11-21-16(20)18(15)17-10-12-6-8-14(9-7-12)13-4-2-1-3-5-13/h1-10H,11H2/b17-10-. The Morgan fingerprint density at radius 1 is 1.05 bits per heavy atom. The molecule has 0 aliphatic carbocycles. The maximum Gasteiger partial charge on any atom is 0.259 e. The Hall–Kier alpha value is -1.98. The second-order valence-corrected chi connectivity index (χ2v) is 6.10. The van der Waals surface area contributed by atoms with Crippen LogP contribution in [0.25, 0.3) is 11.1 Å². The van der Waals surface area contributed by atoms with Crippen molar-refractivity contribution in [3.63, 3.8) is 0 Å². The number of rotatable bonds is 3. The van der Waals surface area contributed by atoms with E-state index in [1.165, 1.54) is 22.3 Å². The van der Waals surface area contributed by atoms with Crippen LogP contribution in [0.3, 0.4) is 0 Å². The molecule has 1 heterocycles. The fraction of sp³-hybridized carbons (Fsp3) is 0.0625. The number of thioether (sulfide) groups is 1. The number of amides is 1. The van der Waals surface area contributed by atoms with Crippen LogP contribution in [0.15, 0.2) is 59.7 Å². The number of hydrogen-bond acceptors (Lipinski definition) is 4. The summed E-state index contributed by atoms with van der Waals surface area (Å²) >= 11 is 6.41. The van der Waals surface area contributed by atoms with Crippen molar-refractivity contribution in [2.24, 2.45) is 5.10 Å². The topological polar surface area (TPSA) is 32.7 Å². The van der Waals surface area contributed by atoms with Crippen LogP contribution < -0.4 is 0 Å². The quantitative estimate of drug-likeness (QED) is 0.642. The summed E-state index contributed by atoms with van der Waals surface area (Å²) in [5.74, 6) is 0.311. The average molecular weight is 312 g/mol. The summed E-state index contributed by atoms with van der Waals surface area (Å²) in [4.78, 5) is 11.5. The third kappa shape index (κ3) is 3.20. The highest BCUT2D eigenvalue weighted by molar-refractivity contribution is 8.23. The van der Waals surface area contributed by atoms with E-state index in [0.717, 1.165) is 11.1 Å². The van der Waals surface area contributed by atoms with E-state index in [-0.39, 0.29) is 5.91 Å². The zero-order chi connectivity index (χ0) is 14.7. The lowest BCUT2D eigenvalue weighted by Crippen LogP contribution is -2.22. The van der Waals surface area contributed by atoms with Crippen molar-refractivity contribution in [2.75, 3.05) is 5.75 Å². The van der Waals surface area contributed by atoms with Crippen molar-refractivity contribution < 1.29 is 4.79 Å². The molecule has 5 heteroatoms. The molecule has 1 saturated heterocycles. The van der Waals surface area contributed by atoms with E-state index >= 15 is 0 Å². The number of hydrazone groups is 1. The van der Waals surface area contributed by atoms with Crippen LogP contribution >= 0.6 is 24.0 Å². The molecule has 2 aromatic carbocycles. The van der Waals surface area contributed by atoms with Crippen LogP contribution in [-0.2, 0) is 4.79 Å². The van der Waals surface area contributed by atoms with Gasteiger partial charge in [0.2, 0.25) is 0 Å². The lowest BCUT2D eigenvalue weighted by molar-refractivity contribution is -0.123. The first-order chi connectivity index (χ1) is 10.2. The molecule has 3 nitrogen and oxygen atoms in total. The van der Waals surface area contributed by atoms with Gasteiger partial charge in [-0.25, -0.2) is 0 Å². The fourth-order valence-electron chi connectivity index (χ4n) is 1.98. The molecule has 0 bridgehead atoms. The second-order valence-electron chi connectivity index (χ2n) is 4.49. The largest absolute Gasteiger partial charge is 0.272 e. The second kappa shape index (κ2) is 6.20. The van der Waals surface area contributed by atoms with Crippen molar-refractivity contribution in [1.29, 1.82) is 0 Å². The van der Waals surface area contributed by atoms with Gasteiger partial charge in [0.15, 0.2) is 4.32 Å². The van der Waals surface area contributed by atoms with Gasteiger partial charge in [0.1, 0.15) is 0 Å². The summed E-state index contributed by atoms with van der Waals surface area (Å²) < 4.78 is 0.511. The normalized spacial score (nSPS) is 15.1. The van der Waals surface area contributed by atoms with Crippen molar-refractivity contribution in [3.8, 4) is 11.1 Å². The van der Waals surface area contributed by atoms with Gasteiger partial charge in [-0.15, -0.1) is 0 Å². The minimum absolute atomic E-state index is 0.0674. The minimum atomic E-state index is -0.0674. The molecule has 0 aromatic heterocycles. The van der Waals surface area contributed by atoms with Crippen LogP contribution in [0.5, 0.6) is 0 Å². The van der Waals surface area contributed by atoms with Gasteiger partial charge >= 0.3 is 0 Å². The Morgan fingerprint density at radius 2 is 1.71 bits per heavy atom. The predicted molar refractivity (Wildman–Crippen MR) is 91.4 cm³/mol. The van der Waals surface area contributed by atoms with Gasteiger partial charge in [0.05, 0.1) is 12.0 Å². The Bertz CT molecular complexity index is 680. The number of benzene rings is 2. The summed E-state index contributed by atoms with van der Waals surface area (Å²) in [6.07, 6.45) is 1.66. The predicted octanol–water partition coefficient (Wildman–Crippen LogP) is 3.55. The molecular formula is C16H12N2OS2. The molecule has 0 radical (unpaired) electrons. The third-order valence-corrected chi connectivity index (χ3v) is 4.41. The van der Waals surface area contributed by atoms with E-state index in [4.69, 9.17) is 12.2 Å². The Kier molecular flexibility index (Phi) is 4.13. The third-order valence-electron chi connectivity index (χ3n) is 3.07. The van der Waals surface area contributed by atoms with Crippen molar-refractivity contribution in [3.05, 3.63) is 60.2 Å². The van der Waals surface area contributed by atoms with E-state index in [9.17, 15) is 4.79 Å². The average Bonchev–Trinajstić information content (AvgIpc) is 2.85. The SMILES string of the molecule is O=C1CSC(=S)N1/N=C\c1ccc(-c2ccccc2)cc1. The molecule has 0 spiro atoms. The summed E-state index contributed by atoms with van der Waals surface area (Å²) in [7, 11) is 0. The number of hydrogen-bond donors (Lipinski definition) is 0. The van der Waals surface area contributed by atoms with Crippen LogP contribution in [0, 0.1) is 0 Å². The molecule has 0 saturated carbocycles. The fourth-order valence-corrected chi connectivity index (χ4v) is 2.94. The van der Waals surface area contributed by atoms with Crippen molar-refractivity contribution in [1.82, 2.24) is 5.01 Å². The van der Waals surface area contributed by atoms with Crippen LogP contribution in [0.4, 0.5) is 0 Å². The smallest absolute Gasteiger partial charge is 0.259 e. The summed E-state index contributed by atoms with van der Waals surface area (Å²) in [6.45, 7) is 0. The minimum Gasteiger partial charge on any atom is -0.272 e.